The maximum absolute atomic E-state index is 12.1. The Hall–Kier alpha value is -2.20. The lowest BCUT2D eigenvalue weighted by atomic mass is 10.1. The van der Waals surface area contributed by atoms with Crippen LogP contribution in [0.3, 0.4) is 0 Å². The first-order chi connectivity index (χ1) is 12.2. The van der Waals surface area contributed by atoms with Gasteiger partial charge in [-0.3, -0.25) is 19.2 Å². The molecule has 2 aliphatic heterocycles. The van der Waals surface area contributed by atoms with Gasteiger partial charge in [0.1, 0.15) is 0 Å². The van der Waals surface area contributed by atoms with Crippen molar-refractivity contribution in [3.05, 3.63) is 0 Å². The summed E-state index contributed by atoms with van der Waals surface area (Å²) in [5.74, 6) is -10.1. The van der Waals surface area contributed by atoms with Crippen LogP contribution in [-0.4, -0.2) is 52.0 Å². The van der Waals surface area contributed by atoms with Gasteiger partial charge < -0.3 is 29.2 Å². The normalized spacial score (nSPS) is 31.3. The van der Waals surface area contributed by atoms with E-state index in [4.69, 9.17) is 14.2 Å². The van der Waals surface area contributed by atoms with Crippen molar-refractivity contribution in [2.24, 2.45) is 0 Å². The number of cyclic esters (lactones) is 2. The van der Waals surface area contributed by atoms with Crippen molar-refractivity contribution in [2.45, 2.75) is 76.2 Å². The van der Waals surface area contributed by atoms with E-state index in [1.807, 2.05) is 0 Å². The summed E-state index contributed by atoms with van der Waals surface area (Å²) in [6.45, 7) is 1.14. The Kier molecular flexibility index (Phi) is 6.19. The van der Waals surface area contributed by atoms with E-state index in [0.717, 1.165) is 6.92 Å². The first-order valence-corrected chi connectivity index (χ1v) is 8.46. The maximum atomic E-state index is 12.1. The molecule has 146 valence electrons. The molecule has 0 radical (unpaired) electrons. The van der Waals surface area contributed by atoms with E-state index in [2.05, 4.69) is 4.74 Å². The Bertz CT molecular complexity index is 564. The van der Waals surface area contributed by atoms with Gasteiger partial charge in [0, 0.05) is 25.7 Å². The van der Waals surface area contributed by atoms with Crippen molar-refractivity contribution < 1.29 is 48.3 Å². The second-order valence-corrected chi connectivity index (χ2v) is 6.24. The molecule has 0 bridgehead atoms. The van der Waals surface area contributed by atoms with Crippen LogP contribution in [0, 0.1) is 0 Å². The SMILES string of the molecule is CC1OC(=O)CCCCC(=O)OC12OC(=O)CCCCC(=O)OC2(O)O. The lowest BCUT2D eigenvalue weighted by Gasteiger charge is -2.42. The minimum absolute atomic E-state index is 0.0225. The van der Waals surface area contributed by atoms with E-state index in [9.17, 15) is 29.4 Å². The molecule has 0 aliphatic carbocycles. The van der Waals surface area contributed by atoms with E-state index in [1.165, 1.54) is 0 Å². The first kappa shape index (κ1) is 20.1. The molecule has 10 heteroatoms. The fraction of sp³-hybridized carbons (Fsp3) is 0.750. The van der Waals surface area contributed by atoms with E-state index in [1.54, 1.807) is 0 Å². The molecule has 2 heterocycles. The van der Waals surface area contributed by atoms with Gasteiger partial charge in [-0.25, -0.2) is 0 Å². The van der Waals surface area contributed by atoms with Crippen molar-refractivity contribution in [2.75, 3.05) is 0 Å². The predicted octanol–water partition coefficient (Wildman–Crippen LogP) is 0.0304. The summed E-state index contributed by atoms with van der Waals surface area (Å²) in [7, 11) is 0. The van der Waals surface area contributed by atoms with E-state index < -0.39 is 41.7 Å². The summed E-state index contributed by atoms with van der Waals surface area (Å²) in [4.78, 5) is 47.9. The van der Waals surface area contributed by atoms with Crippen LogP contribution in [0.5, 0.6) is 0 Å². The van der Waals surface area contributed by atoms with Gasteiger partial charge in [-0.2, -0.15) is 0 Å². The monoisotopic (exact) mass is 374 g/mol. The number of aliphatic hydroxyl groups is 2. The standard InChI is InChI=1S/C16H22O10/c1-10-15(24-12(18)7-3-2-6-11(17)23-10)16(21,22)26-14(20)9-5-4-8-13(19)25-15/h10,21-22H,2-9H2,1H3. The second-order valence-electron chi connectivity index (χ2n) is 6.24. The average Bonchev–Trinajstić information content (AvgIpc) is 2.53. The molecule has 2 rings (SSSR count). The molecule has 0 aromatic carbocycles. The molecule has 2 unspecified atom stereocenters. The third-order valence-corrected chi connectivity index (χ3v) is 4.11. The highest BCUT2D eigenvalue weighted by atomic mass is 16.9. The number of ether oxygens (including phenoxy) is 4. The van der Waals surface area contributed by atoms with Crippen molar-refractivity contribution in [3.63, 3.8) is 0 Å². The molecule has 2 N–H and O–H groups in total. The molecule has 10 nitrogen and oxygen atoms in total. The Morgan fingerprint density at radius 1 is 0.731 bits per heavy atom. The summed E-state index contributed by atoms with van der Waals surface area (Å²) >= 11 is 0. The molecule has 26 heavy (non-hydrogen) atoms. The van der Waals surface area contributed by atoms with Crippen molar-refractivity contribution >= 4 is 23.9 Å². The van der Waals surface area contributed by atoms with Gasteiger partial charge in [0.05, 0.1) is 0 Å². The number of rotatable bonds is 0. The number of esters is 4. The fourth-order valence-electron chi connectivity index (χ4n) is 2.72. The largest absolute Gasteiger partial charge is 0.454 e. The second kappa shape index (κ2) is 8.00. The van der Waals surface area contributed by atoms with Gasteiger partial charge in [0.15, 0.2) is 6.10 Å². The highest BCUT2D eigenvalue weighted by molar-refractivity contribution is 5.74. The third-order valence-electron chi connectivity index (χ3n) is 4.11. The highest BCUT2D eigenvalue weighted by Gasteiger charge is 2.66. The zero-order valence-electron chi connectivity index (χ0n) is 14.4. The minimum atomic E-state index is -3.55. The lowest BCUT2D eigenvalue weighted by molar-refractivity contribution is -0.459. The first-order valence-electron chi connectivity index (χ1n) is 8.46. The van der Waals surface area contributed by atoms with E-state index >= 15 is 0 Å². The molecule has 2 saturated heterocycles. The van der Waals surface area contributed by atoms with Crippen LogP contribution >= 0.6 is 0 Å². The summed E-state index contributed by atoms with van der Waals surface area (Å²) in [5.41, 5.74) is 0. The summed E-state index contributed by atoms with van der Waals surface area (Å²) < 4.78 is 19.7. The Labute approximate surface area is 149 Å². The van der Waals surface area contributed by atoms with Crippen LogP contribution in [0.15, 0.2) is 0 Å². The van der Waals surface area contributed by atoms with Crippen molar-refractivity contribution in [3.8, 4) is 0 Å². The topological polar surface area (TPSA) is 146 Å². The zero-order valence-corrected chi connectivity index (χ0v) is 14.4. The number of carbonyl (C=O) groups is 4. The van der Waals surface area contributed by atoms with Crippen molar-refractivity contribution in [1.82, 2.24) is 0 Å². The molecule has 2 aliphatic rings. The summed E-state index contributed by atoms with van der Waals surface area (Å²) in [6.07, 6.45) is -1.01. The van der Waals surface area contributed by atoms with Crippen LogP contribution in [0.2, 0.25) is 0 Å². The lowest BCUT2D eigenvalue weighted by Crippen LogP contribution is -2.67. The van der Waals surface area contributed by atoms with E-state index in [-0.39, 0.29) is 44.9 Å². The highest BCUT2D eigenvalue weighted by Crippen LogP contribution is 2.36. The van der Waals surface area contributed by atoms with Gasteiger partial charge >= 0.3 is 35.6 Å². The number of hydrogen-bond donors (Lipinski definition) is 2. The summed E-state index contributed by atoms with van der Waals surface area (Å²) in [5, 5.41) is 20.8. The quantitative estimate of drug-likeness (QED) is 0.338. The van der Waals surface area contributed by atoms with Crippen molar-refractivity contribution in [1.29, 1.82) is 0 Å². The third kappa shape index (κ3) is 4.50. The minimum Gasteiger partial charge on any atom is -0.454 e. The predicted molar refractivity (Wildman–Crippen MR) is 80.7 cm³/mol. The molecule has 1 spiro atoms. The number of hydrogen-bond acceptors (Lipinski definition) is 10. The Morgan fingerprint density at radius 2 is 1.12 bits per heavy atom. The fourth-order valence-corrected chi connectivity index (χ4v) is 2.72. The van der Waals surface area contributed by atoms with Crippen LogP contribution in [0.4, 0.5) is 0 Å². The molecular formula is C16H22O10. The zero-order chi connectivity index (χ0) is 19.4. The van der Waals surface area contributed by atoms with Crippen LogP contribution in [0.25, 0.3) is 0 Å². The van der Waals surface area contributed by atoms with Gasteiger partial charge in [-0.1, -0.05) is 0 Å². The molecule has 2 fully saturated rings. The average molecular weight is 374 g/mol. The van der Waals surface area contributed by atoms with Crippen LogP contribution < -0.4 is 0 Å². The Morgan fingerprint density at radius 3 is 1.58 bits per heavy atom. The van der Waals surface area contributed by atoms with Gasteiger partial charge in [0.2, 0.25) is 0 Å². The maximum Gasteiger partial charge on any atom is 0.410 e. The molecule has 0 amide bonds. The molecule has 2 atom stereocenters. The molecule has 0 saturated carbocycles. The van der Waals surface area contributed by atoms with Gasteiger partial charge in [0.25, 0.3) is 0 Å². The van der Waals surface area contributed by atoms with Gasteiger partial charge in [-0.05, 0) is 32.6 Å². The van der Waals surface area contributed by atoms with E-state index in [0.29, 0.717) is 6.42 Å². The van der Waals surface area contributed by atoms with Crippen LogP contribution in [0.1, 0.15) is 58.3 Å². The van der Waals surface area contributed by atoms with Crippen LogP contribution in [-0.2, 0) is 38.1 Å². The molecule has 0 aromatic rings. The Balaban J connectivity index is 2.48. The number of carbonyl (C=O) groups excluding carboxylic acids is 4. The smallest absolute Gasteiger partial charge is 0.410 e. The molecule has 0 aromatic heterocycles. The van der Waals surface area contributed by atoms with Gasteiger partial charge in [-0.15, -0.1) is 0 Å². The summed E-state index contributed by atoms with van der Waals surface area (Å²) in [6, 6.07) is 0. The molecular weight excluding hydrogens is 352 g/mol.